The fraction of sp³-hybridized carbons (Fsp3) is 0.300. The topological polar surface area (TPSA) is 69.9 Å². The molecule has 4 nitrogen and oxygen atoms in total. The summed E-state index contributed by atoms with van der Waals surface area (Å²) in [6.45, 7) is 1.51. The Kier molecular flexibility index (Phi) is 2.37. The quantitative estimate of drug-likeness (QED) is 0.757. The van der Waals surface area contributed by atoms with E-state index in [1.54, 1.807) is 0 Å². The maximum atomic E-state index is 5.81. The van der Waals surface area contributed by atoms with E-state index >= 15 is 0 Å². The number of nitrogens with zero attached hydrogens (tertiary/aromatic N) is 2. The Morgan fingerprint density at radius 3 is 2.86 bits per heavy atom. The molecule has 0 spiro atoms. The predicted molar refractivity (Wildman–Crippen MR) is 57.8 cm³/mol. The summed E-state index contributed by atoms with van der Waals surface area (Å²) in [6.07, 6.45) is 0.921. The van der Waals surface area contributed by atoms with Crippen molar-refractivity contribution in [2.24, 2.45) is 5.73 Å². The van der Waals surface area contributed by atoms with Crippen molar-refractivity contribution in [3.63, 3.8) is 0 Å². The zero-order valence-corrected chi connectivity index (χ0v) is 7.98. The van der Waals surface area contributed by atoms with Crippen LogP contribution in [-0.4, -0.2) is 16.1 Å². The minimum Gasteiger partial charge on any atom is -0.369 e. The highest BCUT2D eigenvalue weighted by Gasteiger charge is 2.05. The molecule has 1 heterocycles. The van der Waals surface area contributed by atoms with Crippen LogP contribution in [0.2, 0.25) is 0 Å². The third-order valence-corrected chi connectivity index (χ3v) is 2.27. The maximum absolute atomic E-state index is 5.81. The highest BCUT2D eigenvalue weighted by Crippen LogP contribution is 2.17. The van der Waals surface area contributed by atoms with Gasteiger partial charge >= 0.3 is 0 Å². The van der Waals surface area contributed by atoms with E-state index in [0.717, 1.165) is 24.0 Å². The number of para-hydroxylation sites is 2. The van der Waals surface area contributed by atoms with Crippen LogP contribution in [0.5, 0.6) is 0 Å². The molecule has 0 aliphatic carbocycles. The van der Waals surface area contributed by atoms with Crippen LogP contribution >= 0.6 is 0 Å². The largest absolute Gasteiger partial charge is 0.369 e. The van der Waals surface area contributed by atoms with Gasteiger partial charge in [0.25, 0.3) is 0 Å². The van der Waals surface area contributed by atoms with Crippen LogP contribution < -0.4 is 11.5 Å². The van der Waals surface area contributed by atoms with Crippen LogP contribution in [0.3, 0.4) is 0 Å². The van der Waals surface area contributed by atoms with E-state index in [2.05, 4.69) is 4.98 Å². The van der Waals surface area contributed by atoms with Crippen molar-refractivity contribution < 1.29 is 0 Å². The first-order chi connectivity index (χ1) is 6.83. The monoisotopic (exact) mass is 190 g/mol. The van der Waals surface area contributed by atoms with Gasteiger partial charge in [-0.05, 0) is 25.1 Å². The minimum absolute atomic E-state index is 0.569. The summed E-state index contributed by atoms with van der Waals surface area (Å²) in [6, 6.07) is 7.93. The zero-order valence-electron chi connectivity index (χ0n) is 7.98. The van der Waals surface area contributed by atoms with Gasteiger partial charge in [0.15, 0.2) is 0 Å². The van der Waals surface area contributed by atoms with Gasteiger partial charge < -0.3 is 16.0 Å². The van der Waals surface area contributed by atoms with Crippen molar-refractivity contribution in [1.82, 2.24) is 9.55 Å². The molecule has 2 aromatic rings. The third kappa shape index (κ3) is 1.44. The van der Waals surface area contributed by atoms with Crippen molar-refractivity contribution in [2.45, 2.75) is 13.0 Å². The molecule has 4 heteroatoms. The molecule has 0 atom stereocenters. The van der Waals surface area contributed by atoms with Gasteiger partial charge in [0, 0.05) is 6.54 Å². The SMILES string of the molecule is NCCCn1c(N)nc2ccccc21. The molecule has 1 aromatic carbocycles. The second-order valence-corrected chi connectivity index (χ2v) is 3.25. The Hall–Kier alpha value is -1.55. The van der Waals surface area contributed by atoms with E-state index in [1.807, 2.05) is 28.8 Å². The number of imidazole rings is 1. The molecule has 0 saturated heterocycles. The Balaban J connectivity index is 2.45. The van der Waals surface area contributed by atoms with Gasteiger partial charge in [0.2, 0.25) is 5.95 Å². The van der Waals surface area contributed by atoms with E-state index in [1.165, 1.54) is 0 Å². The molecule has 0 bridgehead atoms. The lowest BCUT2D eigenvalue weighted by Crippen LogP contribution is -2.08. The number of hydrogen-bond donors (Lipinski definition) is 2. The summed E-state index contributed by atoms with van der Waals surface area (Å²) in [7, 11) is 0. The van der Waals surface area contributed by atoms with Gasteiger partial charge in [-0.2, -0.15) is 0 Å². The van der Waals surface area contributed by atoms with Crippen molar-refractivity contribution in [1.29, 1.82) is 0 Å². The summed E-state index contributed by atoms with van der Waals surface area (Å²) < 4.78 is 2.00. The maximum Gasteiger partial charge on any atom is 0.201 e. The first-order valence-electron chi connectivity index (χ1n) is 4.73. The molecule has 2 rings (SSSR count). The van der Waals surface area contributed by atoms with E-state index < -0.39 is 0 Å². The molecule has 0 aliphatic rings. The lowest BCUT2D eigenvalue weighted by molar-refractivity contribution is 0.674. The number of aromatic nitrogens is 2. The van der Waals surface area contributed by atoms with Crippen LogP contribution in [0.25, 0.3) is 11.0 Å². The first-order valence-corrected chi connectivity index (χ1v) is 4.73. The molecule has 0 amide bonds. The second kappa shape index (κ2) is 3.67. The Labute approximate surface area is 82.5 Å². The van der Waals surface area contributed by atoms with Crippen molar-refractivity contribution in [3.8, 4) is 0 Å². The second-order valence-electron chi connectivity index (χ2n) is 3.25. The van der Waals surface area contributed by atoms with Crippen molar-refractivity contribution >= 4 is 17.0 Å². The van der Waals surface area contributed by atoms with Crippen molar-refractivity contribution in [3.05, 3.63) is 24.3 Å². The average molecular weight is 190 g/mol. The van der Waals surface area contributed by atoms with E-state index in [4.69, 9.17) is 11.5 Å². The number of benzene rings is 1. The molecule has 0 aliphatic heterocycles. The normalized spacial score (nSPS) is 10.9. The lowest BCUT2D eigenvalue weighted by Gasteiger charge is -2.04. The highest BCUT2D eigenvalue weighted by molar-refractivity contribution is 5.78. The minimum atomic E-state index is 0.569. The molecule has 1 aromatic heterocycles. The van der Waals surface area contributed by atoms with E-state index in [9.17, 15) is 0 Å². The highest BCUT2D eigenvalue weighted by atomic mass is 15.1. The van der Waals surface area contributed by atoms with Gasteiger partial charge in [-0.25, -0.2) is 4.98 Å². The number of hydrogen-bond acceptors (Lipinski definition) is 3. The standard InChI is InChI=1S/C10H14N4/c11-6-3-7-14-9-5-2-1-4-8(9)13-10(14)12/h1-2,4-5H,3,6-7,11H2,(H2,12,13). The number of nitrogen functional groups attached to an aromatic ring is 1. The summed E-state index contributed by atoms with van der Waals surface area (Å²) in [5.41, 5.74) is 13.3. The van der Waals surface area contributed by atoms with Gasteiger partial charge in [0.1, 0.15) is 0 Å². The smallest absolute Gasteiger partial charge is 0.201 e. The molecule has 74 valence electrons. The number of aryl methyl sites for hydroxylation is 1. The zero-order chi connectivity index (χ0) is 9.97. The number of rotatable bonds is 3. The molecule has 0 unspecified atom stereocenters. The summed E-state index contributed by atoms with van der Waals surface area (Å²) >= 11 is 0. The molecule has 0 radical (unpaired) electrons. The van der Waals surface area contributed by atoms with Crippen LogP contribution in [0.4, 0.5) is 5.95 Å². The first kappa shape index (κ1) is 9.02. The number of fused-ring (bicyclic) bond motifs is 1. The van der Waals surface area contributed by atoms with E-state index in [0.29, 0.717) is 12.5 Å². The van der Waals surface area contributed by atoms with Crippen LogP contribution in [0.15, 0.2) is 24.3 Å². The van der Waals surface area contributed by atoms with E-state index in [-0.39, 0.29) is 0 Å². The average Bonchev–Trinajstić information content (AvgIpc) is 2.51. The molecule has 0 fully saturated rings. The van der Waals surface area contributed by atoms with Gasteiger partial charge in [-0.1, -0.05) is 12.1 Å². The molecular formula is C10H14N4. The van der Waals surface area contributed by atoms with Crippen LogP contribution in [0.1, 0.15) is 6.42 Å². The molecule has 14 heavy (non-hydrogen) atoms. The van der Waals surface area contributed by atoms with Crippen LogP contribution in [0, 0.1) is 0 Å². The summed E-state index contributed by atoms with van der Waals surface area (Å²) in [5.74, 6) is 0.569. The molecule has 4 N–H and O–H groups in total. The predicted octanol–water partition coefficient (Wildman–Crippen LogP) is 0.967. The van der Waals surface area contributed by atoms with Gasteiger partial charge in [-0.3, -0.25) is 0 Å². The third-order valence-electron chi connectivity index (χ3n) is 2.27. The van der Waals surface area contributed by atoms with Crippen LogP contribution in [-0.2, 0) is 6.54 Å². The lowest BCUT2D eigenvalue weighted by atomic mass is 10.3. The summed E-state index contributed by atoms with van der Waals surface area (Å²) in [4.78, 5) is 4.27. The van der Waals surface area contributed by atoms with Gasteiger partial charge in [-0.15, -0.1) is 0 Å². The Morgan fingerprint density at radius 2 is 2.07 bits per heavy atom. The fourth-order valence-corrected chi connectivity index (χ4v) is 1.58. The Bertz CT molecular complexity index is 433. The Morgan fingerprint density at radius 1 is 1.29 bits per heavy atom. The molecule has 0 saturated carbocycles. The molecular weight excluding hydrogens is 176 g/mol. The van der Waals surface area contributed by atoms with Gasteiger partial charge in [0.05, 0.1) is 11.0 Å². The fourth-order valence-electron chi connectivity index (χ4n) is 1.58. The number of nitrogens with two attached hydrogens (primary N) is 2. The summed E-state index contributed by atoms with van der Waals surface area (Å²) in [5, 5.41) is 0. The number of anilines is 1. The van der Waals surface area contributed by atoms with Crippen molar-refractivity contribution in [2.75, 3.05) is 12.3 Å².